The molecule has 106 valence electrons. The summed E-state index contributed by atoms with van der Waals surface area (Å²) in [6.07, 6.45) is 0. The fourth-order valence-electron chi connectivity index (χ4n) is 1.98. The predicted molar refractivity (Wildman–Crippen MR) is 79.9 cm³/mol. The lowest BCUT2D eigenvalue weighted by Gasteiger charge is -2.14. The zero-order chi connectivity index (χ0) is 15.1. The van der Waals surface area contributed by atoms with Crippen molar-refractivity contribution in [3.8, 4) is 11.8 Å². The zero-order valence-electron chi connectivity index (χ0n) is 11.7. The van der Waals surface area contributed by atoms with Crippen molar-refractivity contribution < 1.29 is 9.53 Å². The van der Waals surface area contributed by atoms with Crippen molar-refractivity contribution in [3.63, 3.8) is 0 Å². The number of hydrogen-bond donors (Lipinski definition) is 1. The molecule has 1 N–H and O–H groups in total. The topological polar surface area (TPSA) is 62.1 Å². The standard InChI is InChI=1S/C17H16N2O2/c1-2-21-16-11-7-6-10-14(16)17(20)19-15(12-18)13-8-4-3-5-9-13/h3-11,15H,2H2,1H3,(H,19,20). The Morgan fingerprint density at radius 1 is 1.19 bits per heavy atom. The van der Waals surface area contributed by atoms with E-state index in [0.29, 0.717) is 17.9 Å². The number of para-hydroxylation sites is 1. The van der Waals surface area contributed by atoms with E-state index in [0.717, 1.165) is 5.56 Å². The lowest BCUT2D eigenvalue weighted by Crippen LogP contribution is -2.28. The van der Waals surface area contributed by atoms with Gasteiger partial charge in [-0.15, -0.1) is 0 Å². The van der Waals surface area contributed by atoms with Gasteiger partial charge in [0.05, 0.1) is 18.2 Å². The van der Waals surface area contributed by atoms with Gasteiger partial charge in [0.1, 0.15) is 11.8 Å². The number of hydrogen-bond acceptors (Lipinski definition) is 3. The summed E-state index contributed by atoms with van der Waals surface area (Å²) in [5.41, 5.74) is 1.18. The van der Waals surface area contributed by atoms with Crippen molar-refractivity contribution in [2.24, 2.45) is 0 Å². The molecule has 0 aliphatic heterocycles. The van der Waals surface area contributed by atoms with E-state index in [4.69, 9.17) is 4.74 Å². The molecule has 1 atom stereocenters. The molecule has 2 aromatic carbocycles. The summed E-state index contributed by atoms with van der Waals surface area (Å²) in [5.74, 6) is 0.191. The SMILES string of the molecule is CCOc1ccccc1C(=O)NC(C#N)c1ccccc1. The first-order valence-electron chi connectivity index (χ1n) is 6.73. The van der Waals surface area contributed by atoms with Crippen LogP contribution in [0.5, 0.6) is 5.75 Å². The van der Waals surface area contributed by atoms with Gasteiger partial charge in [-0.2, -0.15) is 5.26 Å². The van der Waals surface area contributed by atoms with E-state index in [-0.39, 0.29) is 5.91 Å². The monoisotopic (exact) mass is 280 g/mol. The van der Waals surface area contributed by atoms with Crippen LogP contribution in [-0.2, 0) is 0 Å². The normalized spacial score (nSPS) is 11.2. The van der Waals surface area contributed by atoms with Crippen LogP contribution in [0.25, 0.3) is 0 Å². The number of amides is 1. The Labute approximate surface area is 124 Å². The van der Waals surface area contributed by atoms with E-state index in [1.807, 2.05) is 37.3 Å². The summed E-state index contributed by atoms with van der Waals surface area (Å²) in [5, 5.41) is 12.0. The van der Waals surface area contributed by atoms with Crippen LogP contribution in [0.15, 0.2) is 54.6 Å². The highest BCUT2D eigenvalue weighted by molar-refractivity contribution is 5.97. The molecule has 0 radical (unpaired) electrons. The number of nitrogens with zero attached hydrogens (tertiary/aromatic N) is 1. The van der Waals surface area contributed by atoms with Gasteiger partial charge >= 0.3 is 0 Å². The molecule has 0 fully saturated rings. The van der Waals surface area contributed by atoms with E-state index in [2.05, 4.69) is 11.4 Å². The van der Waals surface area contributed by atoms with Gasteiger partial charge in [-0.1, -0.05) is 42.5 Å². The van der Waals surface area contributed by atoms with Crippen molar-refractivity contribution in [1.82, 2.24) is 5.32 Å². The largest absolute Gasteiger partial charge is 0.493 e. The molecule has 0 bridgehead atoms. The van der Waals surface area contributed by atoms with Crippen molar-refractivity contribution in [1.29, 1.82) is 5.26 Å². The van der Waals surface area contributed by atoms with E-state index >= 15 is 0 Å². The van der Waals surface area contributed by atoms with Gasteiger partial charge in [0.2, 0.25) is 0 Å². The Hall–Kier alpha value is -2.80. The number of carbonyl (C=O) groups is 1. The molecule has 21 heavy (non-hydrogen) atoms. The number of nitriles is 1. The average molecular weight is 280 g/mol. The second-order valence-corrected chi connectivity index (χ2v) is 4.38. The van der Waals surface area contributed by atoms with Crippen LogP contribution >= 0.6 is 0 Å². The fourth-order valence-corrected chi connectivity index (χ4v) is 1.98. The van der Waals surface area contributed by atoms with E-state index in [9.17, 15) is 10.1 Å². The quantitative estimate of drug-likeness (QED) is 0.915. The molecule has 1 amide bonds. The summed E-state index contributed by atoms with van der Waals surface area (Å²) < 4.78 is 5.44. The summed E-state index contributed by atoms with van der Waals surface area (Å²) >= 11 is 0. The number of benzene rings is 2. The third kappa shape index (κ3) is 3.61. The molecular weight excluding hydrogens is 264 g/mol. The van der Waals surface area contributed by atoms with Crippen molar-refractivity contribution >= 4 is 5.91 Å². The minimum atomic E-state index is -0.687. The first-order valence-corrected chi connectivity index (χ1v) is 6.73. The van der Waals surface area contributed by atoms with Crippen LogP contribution in [-0.4, -0.2) is 12.5 Å². The van der Waals surface area contributed by atoms with E-state index < -0.39 is 6.04 Å². The minimum Gasteiger partial charge on any atom is -0.493 e. The maximum absolute atomic E-state index is 12.3. The maximum Gasteiger partial charge on any atom is 0.256 e. The highest BCUT2D eigenvalue weighted by Crippen LogP contribution is 2.19. The minimum absolute atomic E-state index is 0.325. The lowest BCUT2D eigenvalue weighted by molar-refractivity contribution is 0.0941. The second kappa shape index (κ2) is 7.11. The molecule has 1 unspecified atom stereocenters. The number of ether oxygens (including phenoxy) is 1. The van der Waals surface area contributed by atoms with Gasteiger partial charge in [0.25, 0.3) is 5.91 Å². The molecule has 0 aliphatic rings. The van der Waals surface area contributed by atoms with E-state index in [1.165, 1.54) is 0 Å². The highest BCUT2D eigenvalue weighted by Gasteiger charge is 2.17. The van der Waals surface area contributed by atoms with Gasteiger partial charge in [-0.05, 0) is 24.6 Å². The van der Waals surface area contributed by atoms with Crippen LogP contribution < -0.4 is 10.1 Å². The summed E-state index contributed by atoms with van der Waals surface area (Å²) in [7, 11) is 0. The Bertz CT molecular complexity index is 647. The first-order chi connectivity index (χ1) is 10.3. The Kier molecular flexibility index (Phi) is 4.94. The molecule has 2 aromatic rings. The van der Waals surface area contributed by atoms with E-state index in [1.54, 1.807) is 24.3 Å². The fraction of sp³-hybridized carbons (Fsp3) is 0.176. The van der Waals surface area contributed by atoms with Gasteiger partial charge in [-0.25, -0.2) is 0 Å². The number of carbonyl (C=O) groups excluding carboxylic acids is 1. The van der Waals surface area contributed by atoms with Gasteiger partial charge < -0.3 is 10.1 Å². The van der Waals surface area contributed by atoms with Crippen molar-refractivity contribution in [2.45, 2.75) is 13.0 Å². The molecule has 0 aromatic heterocycles. The number of rotatable bonds is 5. The molecule has 4 heteroatoms. The third-order valence-corrected chi connectivity index (χ3v) is 2.97. The molecule has 0 saturated carbocycles. The van der Waals surface area contributed by atoms with Gasteiger partial charge in [0, 0.05) is 0 Å². The number of nitrogens with one attached hydrogen (secondary N) is 1. The smallest absolute Gasteiger partial charge is 0.256 e. The van der Waals surface area contributed by atoms with Crippen LogP contribution in [0.2, 0.25) is 0 Å². The van der Waals surface area contributed by atoms with Crippen LogP contribution in [0.3, 0.4) is 0 Å². The van der Waals surface area contributed by atoms with Crippen LogP contribution in [0.4, 0.5) is 0 Å². The molecule has 4 nitrogen and oxygen atoms in total. The predicted octanol–water partition coefficient (Wildman–Crippen LogP) is 3.08. The maximum atomic E-state index is 12.3. The lowest BCUT2D eigenvalue weighted by atomic mass is 10.1. The Balaban J connectivity index is 2.19. The highest BCUT2D eigenvalue weighted by atomic mass is 16.5. The van der Waals surface area contributed by atoms with Crippen LogP contribution in [0, 0.1) is 11.3 Å². The van der Waals surface area contributed by atoms with Crippen LogP contribution in [0.1, 0.15) is 28.9 Å². The summed E-state index contributed by atoms with van der Waals surface area (Å²) in [6.45, 7) is 2.33. The average Bonchev–Trinajstić information content (AvgIpc) is 2.54. The van der Waals surface area contributed by atoms with Gasteiger partial charge in [0.15, 0.2) is 0 Å². The molecule has 0 saturated heterocycles. The Morgan fingerprint density at radius 3 is 2.52 bits per heavy atom. The first kappa shape index (κ1) is 14.6. The zero-order valence-corrected chi connectivity index (χ0v) is 11.7. The van der Waals surface area contributed by atoms with Gasteiger partial charge in [-0.3, -0.25) is 4.79 Å². The summed E-state index contributed by atoms with van der Waals surface area (Å²) in [4.78, 5) is 12.3. The molecule has 0 aliphatic carbocycles. The summed E-state index contributed by atoms with van der Waals surface area (Å²) in [6, 6.07) is 17.5. The molecule has 0 heterocycles. The second-order valence-electron chi connectivity index (χ2n) is 4.38. The molecular formula is C17H16N2O2. The van der Waals surface area contributed by atoms with Crippen molar-refractivity contribution in [2.75, 3.05) is 6.61 Å². The Morgan fingerprint density at radius 2 is 1.86 bits per heavy atom. The molecule has 2 rings (SSSR count). The third-order valence-electron chi connectivity index (χ3n) is 2.97. The van der Waals surface area contributed by atoms with Crippen molar-refractivity contribution in [3.05, 3.63) is 65.7 Å². The molecule has 0 spiro atoms.